The predicted octanol–water partition coefficient (Wildman–Crippen LogP) is -0.0957. The lowest BCUT2D eigenvalue weighted by molar-refractivity contribution is 0.168. The van der Waals surface area contributed by atoms with Gasteiger partial charge in [0.05, 0.1) is 0 Å². The lowest BCUT2D eigenvalue weighted by Crippen LogP contribution is -1.57. The molecule has 0 atom stereocenters. The van der Waals surface area contributed by atoms with Crippen LogP contribution in [0.2, 0.25) is 0 Å². The second-order valence-electron chi connectivity index (χ2n) is 0.436. The van der Waals surface area contributed by atoms with Crippen LogP contribution in [-0.2, 0) is 0 Å². The predicted molar refractivity (Wildman–Crippen MR) is 21.0 cm³/mol. The van der Waals surface area contributed by atoms with E-state index in [9.17, 15) is 4.39 Å². The molecule has 0 radical (unpaired) electrons. The Labute approximate surface area is 36.2 Å². The van der Waals surface area contributed by atoms with E-state index >= 15 is 0 Å². The maximum Gasteiger partial charge on any atom is 0.185 e. The molecule has 0 saturated heterocycles. The first-order valence-corrected chi connectivity index (χ1v) is 1.61. The van der Waals surface area contributed by atoms with Gasteiger partial charge in [-0.2, -0.15) is 0 Å². The third kappa shape index (κ3) is 1390. The van der Waals surface area contributed by atoms with Crippen LogP contribution in [0.5, 0.6) is 0 Å². The van der Waals surface area contributed by atoms with Gasteiger partial charge in [0.2, 0.25) is 0 Å². The summed E-state index contributed by atoms with van der Waals surface area (Å²) in [5.41, 5.74) is 0. The van der Waals surface area contributed by atoms with Crippen LogP contribution < -0.4 is 0 Å². The number of aliphatic hydroxyl groups excluding tert-OH is 2. The number of aliphatic hydroxyl groups is 2. The molecule has 0 aromatic rings. The van der Waals surface area contributed by atoms with Crippen molar-refractivity contribution < 1.29 is 14.6 Å². The van der Waals surface area contributed by atoms with Gasteiger partial charge in [0.1, 0.15) is 0 Å². The van der Waals surface area contributed by atoms with Crippen molar-refractivity contribution >= 4 is 0 Å². The molecule has 0 aliphatic rings. The first-order chi connectivity index (χ1) is 2.83. The summed E-state index contributed by atoms with van der Waals surface area (Å²) < 4.78 is 9.85. The average Bonchev–Trinajstić information content (AvgIpc) is 1.39. The highest BCUT2D eigenvalue weighted by Crippen LogP contribution is 1.40. The van der Waals surface area contributed by atoms with E-state index in [1.807, 2.05) is 0 Å². The summed E-state index contributed by atoms with van der Waals surface area (Å²) in [6.45, 7) is 0.681. The van der Waals surface area contributed by atoms with Crippen LogP contribution in [0.4, 0.5) is 4.39 Å². The molecule has 0 aromatic heterocycles. The zero-order valence-corrected chi connectivity index (χ0v) is 3.69. The summed E-state index contributed by atoms with van der Waals surface area (Å²) in [7, 11) is 0. The van der Waals surface area contributed by atoms with Crippen molar-refractivity contribution in [2.75, 3.05) is 13.5 Å². The summed E-state index contributed by atoms with van der Waals surface area (Å²) >= 11 is 0. The van der Waals surface area contributed by atoms with Crippen LogP contribution in [0.15, 0.2) is 0 Å². The smallest absolute Gasteiger partial charge is 0.185 e. The minimum absolute atomic E-state index is 0.250. The summed E-state index contributed by atoms with van der Waals surface area (Å²) in [6, 6.07) is 0. The van der Waals surface area contributed by atoms with Crippen LogP contribution in [0.1, 0.15) is 6.92 Å². The van der Waals surface area contributed by atoms with Crippen molar-refractivity contribution in [2.45, 2.75) is 6.92 Å². The zero-order valence-electron chi connectivity index (χ0n) is 3.69. The molecule has 0 rings (SSSR count). The Balaban J connectivity index is 0. The maximum atomic E-state index is 9.85. The van der Waals surface area contributed by atoms with Crippen LogP contribution in [0, 0.1) is 0 Å². The Bertz CT molecular complexity index is 10.8. The molecular weight excluding hydrogens is 87.0 g/mol. The molecule has 3 heteroatoms. The minimum Gasteiger partial charge on any atom is -0.397 e. The van der Waals surface area contributed by atoms with Gasteiger partial charge < -0.3 is 10.2 Å². The monoisotopic (exact) mass is 96.1 g/mol. The van der Waals surface area contributed by atoms with E-state index in [2.05, 4.69) is 0 Å². The maximum absolute atomic E-state index is 9.85. The molecule has 0 aromatic carbocycles. The van der Waals surface area contributed by atoms with Crippen molar-refractivity contribution in [3.8, 4) is 0 Å². The fourth-order valence-electron chi connectivity index (χ4n) is 0. The Hall–Kier alpha value is -0.150. The highest BCUT2D eigenvalue weighted by atomic mass is 19.1. The average molecular weight is 96.1 g/mol. The highest BCUT2D eigenvalue weighted by Gasteiger charge is 1.38. The largest absolute Gasteiger partial charge is 0.397 e. The molecule has 2 N–H and O–H groups in total. The molecule has 2 nitrogen and oxygen atoms in total. The Morgan fingerprint density at radius 3 is 1.50 bits per heavy atom. The molecule has 0 aliphatic heterocycles. The Kier molecular flexibility index (Phi) is 32.5. The topological polar surface area (TPSA) is 40.5 Å². The second-order valence-corrected chi connectivity index (χ2v) is 0.436. The van der Waals surface area contributed by atoms with E-state index in [-0.39, 0.29) is 6.61 Å². The number of alkyl halides is 1. The lowest BCUT2D eigenvalue weighted by Gasteiger charge is -1.52. The van der Waals surface area contributed by atoms with Gasteiger partial charge in [-0.15, -0.1) is 0 Å². The quantitative estimate of drug-likeness (QED) is 0.442. The standard InChI is InChI=1S/C2H6O.CH3FO/c1-2-3;2-1-3/h3H,2H2,1H3;3H,1H2. The summed E-state index contributed by atoms with van der Waals surface area (Å²) in [6.07, 6.45) is 0. The minimum atomic E-state index is -1.25. The van der Waals surface area contributed by atoms with Crippen molar-refractivity contribution in [3.05, 3.63) is 0 Å². The van der Waals surface area contributed by atoms with E-state index in [4.69, 9.17) is 10.2 Å². The van der Waals surface area contributed by atoms with Gasteiger partial charge in [0, 0.05) is 6.61 Å². The zero-order chi connectivity index (χ0) is 5.41. The molecule has 0 heterocycles. The van der Waals surface area contributed by atoms with Crippen molar-refractivity contribution in [1.29, 1.82) is 0 Å². The molecule has 6 heavy (non-hydrogen) atoms. The van der Waals surface area contributed by atoms with E-state index in [0.29, 0.717) is 0 Å². The van der Waals surface area contributed by atoms with E-state index in [1.165, 1.54) is 0 Å². The van der Waals surface area contributed by atoms with Crippen molar-refractivity contribution in [1.82, 2.24) is 0 Å². The molecule has 0 amide bonds. The van der Waals surface area contributed by atoms with Gasteiger partial charge in [-0.1, -0.05) is 0 Å². The highest BCUT2D eigenvalue weighted by molar-refractivity contribution is 3.84. The Morgan fingerprint density at radius 2 is 1.50 bits per heavy atom. The number of halogens is 1. The fourth-order valence-corrected chi connectivity index (χ4v) is 0. The molecule has 0 bridgehead atoms. The molecule has 0 unspecified atom stereocenters. The number of hydrogen-bond donors (Lipinski definition) is 2. The van der Waals surface area contributed by atoms with Gasteiger partial charge in [-0.05, 0) is 6.92 Å². The van der Waals surface area contributed by atoms with Gasteiger partial charge >= 0.3 is 0 Å². The number of hydrogen-bond acceptors (Lipinski definition) is 2. The van der Waals surface area contributed by atoms with Crippen LogP contribution in [-0.4, -0.2) is 23.7 Å². The first-order valence-electron chi connectivity index (χ1n) is 1.61. The van der Waals surface area contributed by atoms with Gasteiger partial charge in [-0.25, -0.2) is 4.39 Å². The third-order valence-corrected chi connectivity index (χ3v) is 0. The summed E-state index contributed by atoms with van der Waals surface area (Å²) in [4.78, 5) is 0. The Morgan fingerprint density at radius 1 is 1.50 bits per heavy atom. The molecule has 0 aliphatic carbocycles. The van der Waals surface area contributed by atoms with Crippen LogP contribution in [0.25, 0.3) is 0 Å². The fraction of sp³-hybridized carbons (Fsp3) is 1.00. The molecule has 40 valence electrons. The van der Waals surface area contributed by atoms with Gasteiger partial charge in [-0.3, -0.25) is 0 Å². The lowest BCUT2D eigenvalue weighted by atomic mass is 10.9. The third-order valence-electron chi connectivity index (χ3n) is 0. The van der Waals surface area contributed by atoms with Crippen LogP contribution >= 0.6 is 0 Å². The van der Waals surface area contributed by atoms with E-state index in [0.717, 1.165) is 0 Å². The van der Waals surface area contributed by atoms with E-state index < -0.39 is 6.86 Å². The molecule has 0 spiro atoms. The van der Waals surface area contributed by atoms with Gasteiger partial charge in [0.15, 0.2) is 6.86 Å². The van der Waals surface area contributed by atoms with Crippen molar-refractivity contribution in [3.63, 3.8) is 0 Å². The van der Waals surface area contributed by atoms with E-state index in [1.54, 1.807) is 6.92 Å². The molecular formula is C3H9FO2. The molecule has 0 fully saturated rings. The number of rotatable bonds is 0. The SMILES string of the molecule is CCO.OCF. The van der Waals surface area contributed by atoms with Crippen molar-refractivity contribution in [2.24, 2.45) is 0 Å². The van der Waals surface area contributed by atoms with Gasteiger partial charge in [0.25, 0.3) is 0 Å². The first kappa shape index (κ1) is 9.28. The second kappa shape index (κ2) is 21.0. The normalized spacial score (nSPS) is 6.00. The van der Waals surface area contributed by atoms with Crippen LogP contribution in [0.3, 0.4) is 0 Å². The molecule has 0 saturated carbocycles. The summed E-state index contributed by atoms with van der Waals surface area (Å²) in [5, 5.41) is 14.5. The summed E-state index contributed by atoms with van der Waals surface area (Å²) in [5.74, 6) is 0.